The molecule has 3 N–H and O–H groups in total. The molecule has 27 heavy (non-hydrogen) atoms. The fourth-order valence-electron chi connectivity index (χ4n) is 4.38. The number of hydrogen-bond donors (Lipinski definition) is 2. The largest absolute Gasteiger partial charge is 0.497 e. The van der Waals surface area contributed by atoms with Gasteiger partial charge in [-0.3, -0.25) is 5.73 Å². The number of nitrogens with two attached hydrogens (primary N) is 1. The number of ether oxygens (including phenoxy) is 4. The fourth-order valence-corrected chi connectivity index (χ4v) is 4.38. The summed E-state index contributed by atoms with van der Waals surface area (Å²) in [6.45, 7) is 4.14. The van der Waals surface area contributed by atoms with Gasteiger partial charge in [0, 0.05) is 11.6 Å². The SMILES string of the molecule is CCOC1(OCC)[NH+]=C(N)[C@@]2(C#N)[C@@H](c3ccc(OC)cc3OC)[C@@]12C#N. The van der Waals surface area contributed by atoms with Gasteiger partial charge in [-0.05, 0) is 19.9 Å². The molecule has 1 aromatic rings. The lowest BCUT2D eigenvalue weighted by Gasteiger charge is -2.29. The predicted molar refractivity (Wildman–Crippen MR) is 94.5 cm³/mol. The number of nitrogens with one attached hydrogen (secondary N) is 1. The molecule has 0 amide bonds. The van der Waals surface area contributed by atoms with E-state index in [9.17, 15) is 10.5 Å². The van der Waals surface area contributed by atoms with E-state index in [1.54, 1.807) is 39.2 Å². The van der Waals surface area contributed by atoms with Crippen molar-refractivity contribution >= 4 is 5.84 Å². The van der Waals surface area contributed by atoms with E-state index in [0.717, 1.165) is 0 Å². The third kappa shape index (κ3) is 2.05. The van der Waals surface area contributed by atoms with Crippen LogP contribution in [-0.2, 0) is 9.47 Å². The van der Waals surface area contributed by atoms with Gasteiger partial charge in [0.25, 0.3) is 5.84 Å². The van der Waals surface area contributed by atoms with Gasteiger partial charge in [0.2, 0.25) is 0 Å². The number of nitriles is 2. The van der Waals surface area contributed by atoms with Crippen LogP contribution in [0.3, 0.4) is 0 Å². The van der Waals surface area contributed by atoms with E-state index < -0.39 is 22.7 Å². The third-order valence-electron chi connectivity index (χ3n) is 5.45. The summed E-state index contributed by atoms with van der Waals surface area (Å²) in [7, 11) is 3.08. The number of rotatable bonds is 7. The van der Waals surface area contributed by atoms with Crippen molar-refractivity contribution in [2.45, 2.75) is 25.7 Å². The monoisotopic (exact) mass is 371 g/mol. The van der Waals surface area contributed by atoms with Gasteiger partial charge in [-0.2, -0.15) is 10.5 Å². The molecule has 0 saturated heterocycles. The van der Waals surface area contributed by atoms with Crippen LogP contribution in [0.1, 0.15) is 25.3 Å². The minimum Gasteiger partial charge on any atom is -0.497 e. The lowest BCUT2D eigenvalue weighted by molar-refractivity contribution is -0.693. The smallest absolute Gasteiger partial charge is 0.343 e. The van der Waals surface area contributed by atoms with Gasteiger partial charge in [0.15, 0.2) is 10.8 Å². The molecule has 0 spiro atoms. The van der Waals surface area contributed by atoms with Crippen molar-refractivity contribution in [3.63, 3.8) is 0 Å². The van der Waals surface area contributed by atoms with Crippen LogP contribution in [0.4, 0.5) is 0 Å². The van der Waals surface area contributed by atoms with Crippen molar-refractivity contribution < 1.29 is 23.9 Å². The van der Waals surface area contributed by atoms with Gasteiger partial charge >= 0.3 is 5.91 Å². The normalized spacial score (nSPS) is 29.9. The molecule has 142 valence electrons. The molecule has 3 atom stereocenters. The molecule has 8 nitrogen and oxygen atoms in total. The van der Waals surface area contributed by atoms with Gasteiger partial charge in [-0.25, -0.2) is 4.99 Å². The first-order chi connectivity index (χ1) is 13.0. The Hall–Kier alpha value is -2.81. The highest BCUT2D eigenvalue weighted by molar-refractivity contribution is 5.95. The molecule has 8 heteroatoms. The molecule has 0 bridgehead atoms. The van der Waals surface area contributed by atoms with Gasteiger partial charge in [0.05, 0.1) is 45.5 Å². The van der Waals surface area contributed by atoms with Gasteiger partial charge < -0.3 is 18.9 Å². The van der Waals surface area contributed by atoms with E-state index in [2.05, 4.69) is 17.1 Å². The summed E-state index contributed by atoms with van der Waals surface area (Å²) in [5.41, 5.74) is 4.27. The molecule has 3 rings (SSSR count). The van der Waals surface area contributed by atoms with Crippen LogP contribution in [0.2, 0.25) is 0 Å². The Balaban J connectivity index is 2.24. The van der Waals surface area contributed by atoms with Crippen molar-refractivity contribution in [3.8, 4) is 23.6 Å². The average Bonchev–Trinajstić information content (AvgIpc) is 3.26. The minimum atomic E-state index is -1.51. The van der Waals surface area contributed by atoms with Crippen LogP contribution in [0.15, 0.2) is 18.2 Å². The highest BCUT2D eigenvalue weighted by atomic mass is 16.7. The maximum Gasteiger partial charge on any atom is 0.343 e. The van der Waals surface area contributed by atoms with Crippen LogP contribution in [0.25, 0.3) is 0 Å². The first kappa shape index (κ1) is 19.0. The third-order valence-corrected chi connectivity index (χ3v) is 5.45. The van der Waals surface area contributed by atoms with Crippen LogP contribution in [0, 0.1) is 33.5 Å². The Morgan fingerprint density at radius 3 is 2.26 bits per heavy atom. The van der Waals surface area contributed by atoms with Gasteiger partial charge in [-0.15, -0.1) is 0 Å². The Morgan fingerprint density at radius 2 is 1.78 bits per heavy atom. The zero-order valence-corrected chi connectivity index (χ0v) is 15.8. The number of methoxy groups -OCH3 is 2. The zero-order valence-electron chi connectivity index (χ0n) is 15.8. The lowest BCUT2D eigenvalue weighted by atomic mass is 9.93. The number of hydrogen-bond acceptors (Lipinski definition) is 7. The highest BCUT2D eigenvalue weighted by Crippen LogP contribution is 2.79. The maximum atomic E-state index is 10.2. The number of amidine groups is 1. The van der Waals surface area contributed by atoms with Crippen LogP contribution in [0.5, 0.6) is 11.5 Å². The fraction of sp³-hybridized carbons (Fsp3) is 0.526. The van der Waals surface area contributed by atoms with Crippen molar-refractivity contribution in [2.75, 3.05) is 27.4 Å². The van der Waals surface area contributed by atoms with Crippen molar-refractivity contribution in [2.24, 2.45) is 16.6 Å². The Kier molecular flexibility index (Phi) is 4.51. The zero-order chi connectivity index (χ0) is 19.9. The summed E-state index contributed by atoms with van der Waals surface area (Å²) in [6, 6.07) is 9.82. The van der Waals surface area contributed by atoms with E-state index in [0.29, 0.717) is 17.1 Å². The lowest BCUT2D eigenvalue weighted by Crippen LogP contribution is -2.91. The maximum absolute atomic E-state index is 10.2. The summed E-state index contributed by atoms with van der Waals surface area (Å²) < 4.78 is 22.5. The second-order valence-corrected chi connectivity index (χ2v) is 6.40. The van der Waals surface area contributed by atoms with Crippen LogP contribution >= 0.6 is 0 Å². The summed E-state index contributed by atoms with van der Waals surface area (Å²) in [5.74, 6) is -0.820. The molecule has 1 aromatic carbocycles. The average molecular weight is 371 g/mol. The minimum absolute atomic E-state index is 0.163. The van der Waals surface area contributed by atoms with E-state index in [-0.39, 0.29) is 19.0 Å². The van der Waals surface area contributed by atoms with Gasteiger partial charge in [0.1, 0.15) is 11.5 Å². The first-order valence-electron chi connectivity index (χ1n) is 8.71. The van der Waals surface area contributed by atoms with Crippen LogP contribution in [-0.4, -0.2) is 39.2 Å². The molecule has 0 radical (unpaired) electrons. The number of fused-ring (bicyclic) bond motifs is 1. The molecule has 1 fully saturated rings. The highest BCUT2D eigenvalue weighted by Gasteiger charge is 2.97. The first-order valence-corrected chi connectivity index (χ1v) is 8.71. The molecule has 1 aliphatic carbocycles. The molecule has 1 saturated carbocycles. The summed E-state index contributed by atoms with van der Waals surface area (Å²) in [5, 5.41) is 20.3. The van der Waals surface area contributed by atoms with Gasteiger partial charge in [-0.1, -0.05) is 6.07 Å². The standard InChI is InChI=1S/C19H22N4O4/c1-5-26-19(27-6-2)18(11-21)15(17(18,10-20)16(22)23-19)13-8-7-12(24-3)9-14(13)25-4/h7-9,15H,5-6H2,1-4H3,(H2,22,23)/p+1/t15-,17-,18-/m1/s1. The molecular weight excluding hydrogens is 348 g/mol. The summed E-state index contributed by atoms with van der Waals surface area (Å²) >= 11 is 0. The van der Waals surface area contributed by atoms with Crippen molar-refractivity contribution in [1.29, 1.82) is 10.5 Å². The van der Waals surface area contributed by atoms with Crippen molar-refractivity contribution in [3.05, 3.63) is 23.8 Å². The van der Waals surface area contributed by atoms with E-state index >= 15 is 0 Å². The molecule has 2 aliphatic rings. The van der Waals surface area contributed by atoms with E-state index in [1.165, 1.54) is 7.11 Å². The second kappa shape index (κ2) is 6.41. The molecular formula is C19H23N4O4+. The second-order valence-electron chi connectivity index (χ2n) is 6.40. The topological polar surface area (TPSA) is 124 Å². The molecule has 1 heterocycles. The Bertz CT molecular complexity index is 865. The molecule has 0 unspecified atom stereocenters. The molecule has 0 aromatic heterocycles. The molecule has 1 aliphatic heterocycles. The predicted octanol–water partition coefficient (Wildman–Crippen LogP) is -0.000840. The van der Waals surface area contributed by atoms with Crippen LogP contribution < -0.4 is 20.2 Å². The number of benzene rings is 1. The summed E-state index contributed by atoms with van der Waals surface area (Å²) in [6.07, 6.45) is 0. The van der Waals surface area contributed by atoms with Crippen molar-refractivity contribution in [1.82, 2.24) is 0 Å². The van der Waals surface area contributed by atoms with E-state index in [1.807, 2.05) is 0 Å². The number of nitrogens with zero attached hydrogens (tertiary/aromatic N) is 2. The Labute approximate surface area is 158 Å². The Morgan fingerprint density at radius 1 is 1.11 bits per heavy atom. The van der Waals surface area contributed by atoms with E-state index in [4.69, 9.17) is 24.7 Å². The summed E-state index contributed by atoms with van der Waals surface area (Å²) in [4.78, 5) is 2.95. The quantitative estimate of drug-likeness (QED) is 0.646.